The molecule has 9 heteroatoms. The van der Waals surface area contributed by atoms with E-state index in [0.717, 1.165) is 0 Å². The predicted octanol–water partition coefficient (Wildman–Crippen LogP) is -0.873. The third kappa shape index (κ3) is 5.19. The summed E-state index contributed by atoms with van der Waals surface area (Å²) in [6, 6.07) is -2.21. The zero-order valence-electron chi connectivity index (χ0n) is 14.0. The highest BCUT2D eigenvalue weighted by atomic mass is 16.5. The molecular weight excluding hydrogens is 320 g/mol. The van der Waals surface area contributed by atoms with Crippen LogP contribution in [-0.2, 0) is 23.9 Å². The van der Waals surface area contributed by atoms with Gasteiger partial charge in [0.25, 0.3) is 0 Å². The molecular formula is C15H24N2O7. The normalized spacial score (nSPS) is 22.6. The van der Waals surface area contributed by atoms with E-state index in [1.807, 2.05) is 0 Å². The number of hydrogen-bond donors (Lipinski definition) is 3. The van der Waals surface area contributed by atoms with Gasteiger partial charge in [-0.1, -0.05) is 6.92 Å². The molecule has 0 saturated carbocycles. The number of rotatable bonds is 7. The zero-order chi connectivity index (χ0) is 18.4. The molecule has 1 fully saturated rings. The molecule has 0 bridgehead atoms. The summed E-state index contributed by atoms with van der Waals surface area (Å²) in [5, 5.41) is 21.2. The maximum Gasteiger partial charge on any atom is 0.326 e. The third-order valence-corrected chi connectivity index (χ3v) is 3.88. The number of esters is 1. The SMILES string of the molecule is CCOC(=O)[C@@H](C)C[C@H](NC(=O)[C@@H]1C[C@@H](O)CN1C(C)=O)C(=O)O. The van der Waals surface area contributed by atoms with Gasteiger partial charge >= 0.3 is 11.9 Å². The lowest BCUT2D eigenvalue weighted by atomic mass is 10.0. The molecule has 0 spiro atoms. The molecule has 4 atom stereocenters. The van der Waals surface area contributed by atoms with Crippen molar-refractivity contribution in [2.75, 3.05) is 13.2 Å². The van der Waals surface area contributed by atoms with Gasteiger partial charge in [-0.05, 0) is 13.3 Å². The molecule has 1 aliphatic heterocycles. The van der Waals surface area contributed by atoms with Gasteiger partial charge in [0.15, 0.2) is 0 Å². The first kappa shape index (κ1) is 19.9. The molecule has 3 N–H and O–H groups in total. The van der Waals surface area contributed by atoms with Crippen molar-refractivity contribution in [3.05, 3.63) is 0 Å². The van der Waals surface area contributed by atoms with Crippen molar-refractivity contribution in [1.29, 1.82) is 0 Å². The molecule has 2 amide bonds. The fourth-order valence-corrected chi connectivity index (χ4v) is 2.63. The van der Waals surface area contributed by atoms with Crippen LogP contribution >= 0.6 is 0 Å². The first-order valence-electron chi connectivity index (χ1n) is 7.82. The van der Waals surface area contributed by atoms with Crippen LogP contribution in [-0.4, -0.2) is 70.2 Å². The maximum absolute atomic E-state index is 12.3. The van der Waals surface area contributed by atoms with Crippen LogP contribution in [0, 0.1) is 5.92 Å². The Kier molecular flexibility index (Phi) is 7.15. The highest BCUT2D eigenvalue weighted by molar-refractivity contribution is 5.90. The number of β-amino-alcohol motifs (C(OH)–C–C–N with tert-alkyl or cyclic N) is 1. The Labute approximate surface area is 140 Å². The molecule has 0 unspecified atom stereocenters. The number of likely N-dealkylation sites (tertiary alicyclic amines) is 1. The van der Waals surface area contributed by atoms with Crippen molar-refractivity contribution in [2.24, 2.45) is 5.92 Å². The van der Waals surface area contributed by atoms with Crippen LogP contribution < -0.4 is 5.32 Å². The first-order chi connectivity index (χ1) is 11.2. The zero-order valence-corrected chi connectivity index (χ0v) is 14.0. The Bertz CT molecular complexity index is 508. The van der Waals surface area contributed by atoms with Gasteiger partial charge in [0.1, 0.15) is 12.1 Å². The molecule has 1 saturated heterocycles. The van der Waals surface area contributed by atoms with Crippen LogP contribution in [0.5, 0.6) is 0 Å². The summed E-state index contributed by atoms with van der Waals surface area (Å²) in [6.45, 7) is 4.64. The van der Waals surface area contributed by atoms with Gasteiger partial charge in [0.05, 0.1) is 18.6 Å². The number of carbonyl (C=O) groups is 4. The van der Waals surface area contributed by atoms with Crippen molar-refractivity contribution in [3.8, 4) is 0 Å². The molecule has 0 aromatic rings. The molecule has 0 radical (unpaired) electrons. The standard InChI is InChI=1S/C15H24N2O7/c1-4-24-15(23)8(2)5-11(14(21)22)16-13(20)12-6-10(19)7-17(12)9(3)18/h8,10-12,19H,4-7H2,1-3H3,(H,16,20)(H,21,22)/t8-,10+,11-,12-/m0/s1. The van der Waals surface area contributed by atoms with E-state index in [9.17, 15) is 29.4 Å². The Morgan fingerprint density at radius 1 is 1.33 bits per heavy atom. The predicted molar refractivity (Wildman–Crippen MR) is 81.8 cm³/mol. The fourth-order valence-electron chi connectivity index (χ4n) is 2.63. The van der Waals surface area contributed by atoms with Crippen LogP contribution in [0.4, 0.5) is 0 Å². The summed E-state index contributed by atoms with van der Waals surface area (Å²) in [4.78, 5) is 48.0. The second-order valence-electron chi connectivity index (χ2n) is 5.86. The molecule has 0 aliphatic carbocycles. The number of nitrogens with zero attached hydrogens (tertiary/aromatic N) is 1. The summed E-state index contributed by atoms with van der Waals surface area (Å²) in [6.07, 6.45) is -0.910. The molecule has 1 rings (SSSR count). The van der Waals surface area contributed by atoms with E-state index in [0.29, 0.717) is 0 Å². The lowest BCUT2D eigenvalue weighted by Crippen LogP contribution is -2.51. The highest BCUT2D eigenvalue weighted by Crippen LogP contribution is 2.19. The number of carboxylic acids is 1. The average Bonchev–Trinajstić information content (AvgIpc) is 2.88. The van der Waals surface area contributed by atoms with Crippen LogP contribution in [0.25, 0.3) is 0 Å². The Morgan fingerprint density at radius 3 is 2.46 bits per heavy atom. The molecule has 24 heavy (non-hydrogen) atoms. The average molecular weight is 344 g/mol. The van der Waals surface area contributed by atoms with Gasteiger partial charge in [-0.15, -0.1) is 0 Å². The van der Waals surface area contributed by atoms with Crippen LogP contribution in [0.1, 0.15) is 33.6 Å². The molecule has 1 aliphatic rings. The summed E-state index contributed by atoms with van der Waals surface area (Å²) in [5.74, 6) is -3.57. The summed E-state index contributed by atoms with van der Waals surface area (Å²) in [5.41, 5.74) is 0. The monoisotopic (exact) mass is 344 g/mol. The van der Waals surface area contributed by atoms with E-state index in [1.54, 1.807) is 6.92 Å². The van der Waals surface area contributed by atoms with Crippen molar-refractivity contribution in [3.63, 3.8) is 0 Å². The second-order valence-corrected chi connectivity index (χ2v) is 5.86. The topological polar surface area (TPSA) is 133 Å². The van der Waals surface area contributed by atoms with E-state index in [4.69, 9.17) is 4.74 Å². The molecule has 0 aromatic carbocycles. The smallest absolute Gasteiger partial charge is 0.326 e. The molecule has 9 nitrogen and oxygen atoms in total. The van der Waals surface area contributed by atoms with Gasteiger partial charge in [-0.3, -0.25) is 14.4 Å². The number of carboxylic acid groups (broad SMARTS) is 1. The molecule has 136 valence electrons. The van der Waals surface area contributed by atoms with Crippen molar-refractivity contribution >= 4 is 23.8 Å². The van der Waals surface area contributed by atoms with Gasteiger partial charge in [0, 0.05) is 19.9 Å². The van der Waals surface area contributed by atoms with Crippen molar-refractivity contribution in [2.45, 2.75) is 51.8 Å². The number of hydrogen-bond acceptors (Lipinski definition) is 6. The van der Waals surface area contributed by atoms with Gasteiger partial charge in [-0.25, -0.2) is 4.79 Å². The number of carbonyl (C=O) groups excluding carboxylic acids is 3. The number of ether oxygens (including phenoxy) is 1. The first-order valence-corrected chi connectivity index (χ1v) is 7.82. The minimum absolute atomic E-state index is 0.0321. The quantitative estimate of drug-likeness (QED) is 0.511. The maximum atomic E-state index is 12.3. The minimum atomic E-state index is -1.29. The number of aliphatic carboxylic acids is 1. The number of aliphatic hydroxyl groups excluding tert-OH is 1. The Hall–Kier alpha value is -2.16. The van der Waals surface area contributed by atoms with E-state index < -0.39 is 42.0 Å². The lowest BCUT2D eigenvalue weighted by Gasteiger charge is -2.24. The van der Waals surface area contributed by atoms with Crippen molar-refractivity contribution < 1.29 is 34.1 Å². The number of nitrogens with one attached hydrogen (secondary N) is 1. The Balaban J connectivity index is 2.74. The third-order valence-electron chi connectivity index (χ3n) is 3.88. The van der Waals surface area contributed by atoms with E-state index >= 15 is 0 Å². The van der Waals surface area contributed by atoms with Gasteiger partial charge in [-0.2, -0.15) is 0 Å². The second kappa shape index (κ2) is 8.62. The minimum Gasteiger partial charge on any atom is -0.480 e. The van der Waals surface area contributed by atoms with Crippen LogP contribution in [0.3, 0.4) is 0 Å². The number of amides is 2. The van der Waals surface area contributed by atoms with E-state index in [1.165, 1.54) is 18.7 Å². The lowest BCUT2D eigenvalue weighted by molar-refractivity contribution is -0.149. The largest absolute Gasteiger partial charge is 0.480 e. The van der Waals surface area contributed by atoms with Gasteiger partial charge < -0.3 is 25.2 Å². The molecule has 1 heterocycles. The van der Waals surface area contributed by atoms with Gasteiger partial charge in [0.2, 0.25) is 11.8 Å². The van der Waals surface area contributed by atoms with E-state index in [2.05, 4.69) is 5.32 Å². The number of aliphatic hydroxyl groups is 1. The van der Waals surface area contributed by atoms with Crippen LogP contribution in [0.2, 0.25) is 0 Å². The summed E-state index contributed by atoms with van der Waals surface area (Å²) in [7, 11) is 0. The van der Waals surface area contributed by atoms with Crippen LogP contribution in [0.15, 0.2) is 0 Å². The Morgan fingerprint density at radius 2 is 1.96 bits per heavy atom. The fraction of sp³-hybridized carbons (Fsp3) is 0.733. The van der Waals surface area contributed by atoms with Crippen molar-refractivity contribution in [1.82, 2.24) is 10.2 Å². The highest BCUT2D eigenvalue weighted by Gasteiger charge is 2.39. The van der Waals surface area contributed by atoms with E-state index in [-0.39, 0.29) is 31.9 Å². The molecule has 0 aromatic heterocycles. The summed E-state index contributed by atoms with van der Waals surface area (Å²) >= 11 is 0. The summed E-state index contributed by atoms with van der Waals surface area (Å²) < 4.78 is 4.82.